The van der Waals surface area contributed by atoms with Gasteiger partial charge < -0.3 is 24.0 Å². The minimum atomic E-state index is 0. The van der Waals surface area contributed by atoms with E-state index in [1.54, 1.807) is 0 Å². The summed E-state index contributed by atoms with van der Waals surface area (Å²) in [5.41, 5.74) is 2.65. The highest BCUT2D eigenvalue weighted by Gasteiger charge is 2.07. The van der Waals surface area contributed by atoms with Gasteiger partial charge in [0.05, 0.1) is 7.05 Å². The number of aromatic nitrogens is 2. The van der Waals surface area contributed by atoms with Crippen LogP contribution in [0.2, 0.25) is 0 Å². The summed E-state index contributed by atoms with van der Waals surface area (Å²) in [5, 5.41) is 0. The molecule has 2 aromatic rings. The Kier molecular flexibility index (Phi) is 4.32. The molecule has 1 aromatic heterocycles. The standard InChI is InChI=1S/C12H15N2.HI/c1-3-11-6-4-5-7-12(11)14-9-8-13(2)10-14;/h4-10H,3H2,1-2H3;1H/q+1;/p-1. The van der Waals surface area contributed by atoms with Gasteiger partial charge in [-0.05, 0) is 18.1 Å². The van der Waals surface area contributed by atoms with Gasteiger partial charge in [0.15, 0.2) is 0 Å². The second-order valence-corrected chi connectivity index (χ2v) is 3.47. The van der Waals surface area contributed by atoms with E-state index < -0.39 is 0 Å². The van der Waals surface area contributed by atoms with E-state index in [1.807, 2.05) is 17.8 Å². The minimum absolute atomic E-state index is 0. The third-order valence-corrected chi connectivity index (χ3v) is 2.42. The Balaban J connectivity index is 0.00000112. The van der Waals surface area contributed by atoms with E-state index in [1.165, 1.54) is 11.3 Å². The summed E-state index contributed by atoms with van der Waals surface area (Å²) >= 11 is 0. The quantitative estimate of drug-likeness (QED) is 0.490. The summed E-state index contributed by atoms with van der Waals surface area (Å²) in [6.07, 6.45) is 7.27. The van der Waals surface area contributed by atoms with E-state index in [2.05, 4.69) is 48.3 Å². The van der Waals surface area contributed by atoms with E-state index in [0.29, 0.717) is 0 Å². The van der Waals surface area contributed by atoms with Crippen LogP contribution in [-0.4, -0.2) is 4.57 Å². The van der Waals surface area contributed by atoms with Gasteiger partial charge in [0.1, 0.15) is 18.1 Å². The molecular formula is C12H15IN2. The maximum absolute atomic E-state index is 2.18. The van der Waals surface area contributed by atoms with Crippen molar-refractivity contribution < 1.29 is 28.5 Å². The van der Waals surface area contributed by atoms with Crippen LogP contribution in [0, 0.1) is 0 Å². The Labute approximate surface area is 108 Å². The maximum atomic E-state index is 2.18. The lowest BCUT2D eigenvalue weighted by Gasteiger charge is -2.01. The molecule has 0 unspecified atom stereocenters. The fourth-order valence-electron chi connectivity index (χ4n) is 1.65. The number of hydrogen-bond donors (Lipinski definition) is 0. The third-order valence-electron chi connectivity index (χ3n) is 2.42. The molecule has 0 radical (unpaired) electrons. The number of benzene rings is 1. The van der Waals surface area contributed by atoms with Crippen LogP contribution in [0.5, 0.6) is 0 Å². The van der Waals surface area contributed by atoms with Crippen molar-refractivity contribution in [1.82, 2.24) is 4.57 Å². The largest absolute Gasteiger partial charge is 1.00 e. The molecule has 0 saturated carbocycles. The predicted octanol–water partition coefficient (Wildman–Crippen LogP) is -1.13. The van der Waals surface area contributed by atoms with Gasteiger partial charge in [0.25, 0.3) is 0 Å². The van der Waals surface area contributed by atoms with E-state index in [0.717, 1.165) is 6.42 Å². The molecular weight excluding hydrogens is 299 g/mol. The van der Waals surface area contributed by atoms with Crippen molar-refractivity contribution in [2.24, 2.45) is 7.05 Å². The lowest BCUT2D eigenvalue weighted by molar-refractivity contribution is -0.670. The number of halogens is 1. The number of hydrogen-bond acceptors (Lipinski definition) is 0. The Hall–Kier alpha value is -0.840. The molecule has 1 aromatic carbocycles. The lowest BCUT2D eigenvalue weighted by Crippen LogP contribution is -3.00. The van der Waals surface area contributed by atoms with Crippen LogP contribution in [0.3, 0.4) is 0 Å². The van der Waals surface area contributed by atoms with Crippen LogP contribution in [0.15, 0.2) is 43.0 Å². The van der Waals surface area contributed by atoms with Crippen molar-refractivity contribution in [1.29, 1.82) is 0 Å². The average Bonchev–Trinajstić information content (AvgIpc) is 2.65. The second-order valence-electron chi connectivity index (χ2n) is 3.47. The first kappa shape index (κ1) is 12.2. The fraction of sp³-hybridized carbons (Fsp3) is 0.250. The smallest absolute Gasteiger partial charge is 0.248 e. The molecule has 3 heteroatoms. The topological polar surface area (TPSA) is 8.81 Å². The van der Waals surface area contributed by atoms with Gasteiger partial charge in [-0.25, -0.2) is 9.13 Å². The number of imidazole rings is 1. The summed E-state index contributed by atoms with van der Waals surface area (Å²) in [7, 11) is 2.03. The van der Waals surface area contributed by atoms with Crippen molar-refractivity contribution in [2.45, 2.75) is 13.3 Å². The Bertz CT molecular complexity index is 435. The lowest BCUT2D eigenvalue weighted by atomic mass is 10.1. The maximum Gasteiger partial charge on any atom is 0.248 e. The Morgan fingerprint density at radius 3 is 2.60 bits per heavy atom. The highest BCUT2D eigenvalue weighted by atomic mass is 127. The molecule has 0 bridgehead atoms. The molecule has 1 heterocycles. The van der Waals surface area contributed by atoms with Gasteiger partial charge in [-0.15, -0.1) is 0 Å². The number of rotatable bonds is 2. The molecule has 0 atom stereocenters. The van der Waals surface area contributed by atoms with Crippen LogP contribution in [-0.2, 0) is 13.5 Å². The minimum Gasteiger partial charge on any atom is -1.00 e. The molecule has 0 fully saturated rings. The molecule has 15 heavy (non-hydrogen) atoms. The third kappa shape index (κ3) is 2.59. The predicted molar refractivity (Wildman–Crippen MR) is 56.3 cm³/mol. The molecule has 2 nitrogen and oxygen atoms in total. The van der Waals surface area contributed by atoms with Gasteiger partial charge in [-0.2, -0.15) is 0 Å². The number of aryl methyl sites for hydroxylation is 2. The van der Waals surface area contributed by atoms with Gasteiger partial charge in [-0.3, -0.25) is 0 Å². The van der Waals surface area contributed by atoms with Crippen molar-refractivity contribution in [3.05, 3.63) is 48.5 Å². The zero-order valence-corrected chi connectivity index (χ0v) is 11.2. The SMILES string of the molecule is CCc1ccccc1-n1cc[n+](C)c1.[I-]. The summed E-state index contributed by atoms with van der Waals surface area (Å²) in [5.74, 6) is 0. The van der Waals surface area contributed by atoms with Crippen molar-refractivity contribution >= 4 is 0 Å². The van der Waals surface area contributed by atoms with Crippen molar-refractivity contribution in [3.8, 4) is 5.69 Å². The van der Waals surface area contributed by atoms with Gasteiger partial charge in [0, 0.05) is 0 Å². The Morgan fingerprint density at radius 2 is 2.00 bits per heavy atom. The summed E-state index contributed by atoms with van der Waals surface area (Å²) in [6.45, 7) is 2.18. The summed E-state index contributed by atoms with van der Waals surface area (Å²) < 4.78 is 4.20. The molecule has 0 aliphatic rings. The molecule has 0 aliphatic heterocycles. The zero-order chi connectivity index (χ0) is 9.97. The van der Waals surface area contributed by atoms with Gasteiger partial charge >= 0.3 is 0 Å². The van der Waals surface area contributed by atoms with Crippen LogP contribution in [0.1, 0.15) is 12.5 Å². The number of nitrogens with zero attached hydrogens (tertiary/aromatic N) is 2. The molecule has 0 aliphatic carbocycles. The van der Waals surface area contributed by atoms with Crippen LogP contribution < -0.4 is 28.5 Å². The van der Waals surface area contributed by atoms with Crippen molar-refractivity contribution in [3.63, 3.8) is 0 Å². The van der Waals surface area contributed by atoms with Crippen molar-refractivity contribution in [2.75, 3.05) is 0 Å². The summed E-state index contributed by atoms with van der Waals surface area (Å²) in [4.78, 5) is 0. The molecule has 0 amide bonds. The van der Waals surface area contributed by atoms with Crippen LogP contribution in [0.25, 0.3) is 5.69 Å². The van der Waals surface area contributed by atoms with E-state index >= 15 is 0 Å². The van der Waals surface area contributed by atoms with E-state index in [4.69, 9.17) is 0 Å². The first-order valence-corrected chi connectivity index (χ1v) is 4.92. The van der Waals surface area contributed by atoms with E-state index in [9.17, 15) is 0 Å². The molecule has 80 valence electrons. The monoisotopic (exact) mass is 314 g/mol. The van der Waals surface area contributed by atoms with Crippen LogP contribution in [0.4, 0.5) is 0 Å². The molecule has 0 spiro atoms. The Morgan fingerprint density at radius 1 is 1.27 bits per heavy atom. The first-order chi connectivity index (χ1) is 6.81. The zero-order valence-electron chi connectivity index (χ0n) is 9.02. The first-order valence-electron chi connectivity index (χ1n) is 4.92. The van der Waals surface area contributed by atoms with Gasteiger partial charge in [0.2, 0.25) is 6.33 Å². The molecule has 0 saturated heterocycles. The van der Waals surface area contributed by atoms with E-state index in [-0.39, 0.29) is 24.0 Å². The number of para-hydroxylation sites is 1. The highest BCUT2D eigenvalue weighted by molar-refractivity contribution is 5.40. The van der Waals surface area contributed by atoms with Crippen LogP contribution >= 0.6 is 0 Å². The normalized spacial score (nSPS) is 9.73. The second kappa shape index (κ2) is 5.30. The summed E-state index contributed by atoms with van der Waals surface area (Å²) in [6, 6.07) is 8.49. The molecule has 0 N–H and O–H groups in total. The highest BCUT2D eigenvalue weighted by Crippen LogP contribution is 2.13. The molecule has 2 rings (SSSR count). The fourth-order valence-corrected chi connectivity index (χ4v) is 1.65. The average molecular weight is 314 g/mol. The van der Waals surface area contributed by atoms with Gasteiger partial charge in [-0.1, -0.05) is 25.1 Å².